The molecule has 1 aromatic heterocycles. The van der Waals surface area contributed by atoms with E-state index in [2.05, 4.69) is 29.0 Å². The zero-order chi connectivity index (χ0) is 23.1. The molecule has 1 unspecified atom stereocenters. The highest BCUT2D eigenvalue weighted by Gasteiger charge is 2.30. The van der Waals surface area contributed by atoms with E-state index in [1.54, 1.807) is 21.3 Å². The number of piperazine rings is 1. The topological polar surface area (TPSA) is 89.1 Å². The molecule has 3 aliphatic rings. The zero-order valence-corrected chi connectivity index (χ0v) is 19.7. The van der Waals surface area contributed by atoms with Crippen LogP contribution in [0.5, 0.6) is 11.5 Å². The lowest BCUT2D eigenvalue weighted by molar-refractivity contribution is 0.175. The molecule has 174 valence electrons. The van der Waals surface area contributed by atoms with Gasteiger partial charge in [-0.1, -0.05) is 0 Å². The van der Waals surface area contributed by atoms with Crippen LogP contribution in [0.2, 0.25) is 0 Å². The molecule has 0 saturated carbocycles. The summed E-state index contributed by atoms with van der Waals surface area (Å²) in [6.07, 6.45) is 4.12. The monoisotopic (exact) mass is 451 g/mol. The third-order valence-electron chi connectivity index (χ3n) is 6.32. The van der Waals surface area contributed by atoms with Crippen molar-refractivity contribution >= 4 is 28.5 Å². The summed E-state index contributed by atoms with van der Waals surface area (Å²) in [4.78, 5) is 23.8. The molecule has 1 fully saturated rings. The summed E-state index contributed by atoms with van der Waals surface area (Å²) < 4.78 is 18.8. The maximum atomic E-state index is 5.81. The van der Waals surface area contributed by atoms with Gasteiger partial charge in [-0.25, -0.2) is 15.0 Å². The first-order valence-corrected chi connectivity index (χ1v) is 11.0. The highest BCUT2D eigenvalue weighted by molar-refractivity contribution is 6.19. The summed E-state index contributed by atoms with van der Waals surface area (Å²) in [7, 11) is 9.01. The Bertz CT molecular complexity index is 1200. The first-order chi connectivity index (χ1) is 16.0. The molecule has 2 aromatic rings. The van der Waals surface area contributed by atoms with Crippen molar-refractivity contribution in [1.29, 1.82) is 0 Å². The average Bonchev–Trinajstić information content (AvgIpc) is 3.39. The lowest BCUT2D eigenvalue weighted by Crippen LogP contribution is -2.47. The summed E-state index contributed by atoms with van der Waals surface area (Å²) in [5, 5.41) is 0. The molecule has 10 heteroatoms. The van der Waals surface area contributed by atoms with Crippen LogP contribution < -0.4 is 9.47 Å². The number of nitrogens with zero attached hydrogens (tertiary/aromatic N) is 7. The molecule has 1 aromatic carbocycles. The Morgan fingerprint density at radius 3 is 2.52 bits per heavy atom. The van der Waals surface area contributed by atoms with Gasteiger partial charge in [-0.3, -0.25) is 4.99 Å². The quantitative estimate of drug-likeness (QED) is 0.684. The fourth-order valence-electron chi connectivity index (χ4n) is 4.45. The number of hydrogen-bond acceptors (Lipinski definition) is 9. The molecule has 0 spiro atoms. The molecule has 0 N–H and O–H groups in total. The third kappa shape index (κ3) is 3.68. The summed E-state index contributed by atoms with van der Waals surface area (Å²) in [5.41, 5.74) is 2.26. The zero-order valence-electron chi connectivity index (χ0n) is 19.7. The average molecular weight is 452 g/mol. The van der Waals surface area contributed by atoms with Gasteiger partial charge in [0, 0.05) is 40.3 Å². The molecule has 10 nitrogen and oxygen atoms in total. The van der Waals surface area contributed by atoms with Gasteiger partial charge in [0.05, 0.1) is 19.8 Å². The van der Waals surface area contributed by atoms with E-state index >= 15 is 0 Å². The van der Waals surface area contributed by atoms with Crippen LogP contribution in [-0.2, 0) is 18.4 Å². The number of dihydropyridines is 1. The maximum absolute atomic E-state index is 5.81. The number of aromatic nitrogens is 2. The van der Waals surface area contributed by atoms with E-state index < -0.39 is 0 Å². The van der Waals surface area contributed by atoms with Crippen molar-refractivity contribution in [2.24, 2.45) is 22.0 Å². The molecule has 5 rings (SSSR count). The van der Waals surface area contributed by atoms with E-state index in [0.717, 1.165) is 48.9 Å². The predicted octanol–water partition coefficient (Wildman–Crippen LogP) is 1.48. The van der Waals surface area contributed by atoms with E-state index in [4.69, 9.17) is 34.2 Å². The molecular formula is C23H29N7O3. The number of imidazole rings is 1. The van der Waals surface area contributed by atoms with Gasteiger partial charge >= 0.3 is 0 Å². The number of aliphatic imine (C=N–C) groups is 3. The molecule has 0 aliphatic carbocycles. The van der Waals surface area contributed by atoms with E-state index in [1.807, 2.05) is 17.7 Å². The van der Waals surface area contributed by atoms with E-state index in [9.17, 15) is 0 Å². The second-order valence-corrected chi connectivity index (χ2v) is 8.36. The van der Waals surface area contributed by atoms with Gasteiger partial charge in [0.25, 0.3) is 0 Å². The Morgan fingerprint density at radius 1 is 1.03 bits per heavy atom. The number of fused-ring (bicyclic) bond motifs is 2. The predicted molar refractivity (Wildman–Crippen MR) is 128 cm³/mol. The SMILES string of the molecule is COCc1nc2c(OC)c(C3=NC4C=CC(N5CCN(C)CC5)=NC4=N3)cc(OC)c2n1C. The van der Waals surface area contributed by atoms with Crippen LogP contribution in [0, 0.1) is 0 Å². The van der Waals surface area contributed by atoms with E-state index in [-0.39, 0.29) is 6.04 Å². The summed E-state index contributed by atoms with van der Waals surface area (Å²) >= 11 is 0. The van der Waals surface area contributed by atoms with Crippen LogP contribution in [-0.4, -0.2) is 97.5 Å². The molecule has 0 bridgehead atoms. The molecule has 4 heterocycles. The maximum Gasteiger partial charge on any atom is 0.161 e. The Hall–Kier alpha value is -3.24. The van der Waals surface area contributed by atoms with Crippen LogP contribution in [0.15, 0.2) is 33.2 Å². The molecular weight excluding hydrogens is 422 g/mol. The molecule has 3 aliphatic heterocycles. The Labute approximate surface area is 192 Å². The normalized spacial score (nSPS) is 20.6. The van der Waals surface area contributed by atoms with Gasteiger partial charge in [0.1, 0.15) is 41.1 Å². The van der Waals surface area contributed by atoms with Gasteiger partial charge < -0.3 is 28.6 Å². The largest absolute Gasteiger partial charge is 0.494 e. The van der Waals surface area contributed by atoms with Crippen molar-refractivity contribution in [3.63, 3.8) is 0 Å². The van der Waals surface area contributed by atoms with Gasteiger partial charge in [-0.15, -0.1) is 0 Å². The molecule has 1 saturated heterocycles. The number of benzene rings is 1. The van der Waals surface area contributed by atoms with E-state index in [0.29, 0.717) is 35.3 Å². The number of rotatable bonds is 5. The number of hydrogen-bond donors (Lipinski definition) is 0. The first kappa shape index (κ1) is 21.6. The van der Waals surface area contributed by atoms with Crippen molar-refractivity contribution in [1.82, 2.24) is 19.4 Å². The summed E-state index contributed by atoms with van der Waals surface area (Å²) in [5.74, 6) is 4.27. The Morgan fingerprint density at radius 2 is 1.82 bits per heavy atom. The Kier molecular flexibility index (Phi) is 5.63. The fourth-order valence-corrected chi connectivity index (χ4v) is 4.45. The second-order valence-electron chi connectivity index (χ2n) is 8.36. The minimum atomic E-state index is -0.199. The highest BCUT2D eigenvalue weighted by Crippen LogP contribution is 2.38. The van der Waals surface area contributed by atoms with Gasteiger partial charge in [-0.2, -0.15) is 0 Å². The number of methoxy groups -OCH3 is 3. The standard InChI is InChI=1S/C23H29N7O3/c1-28-8-10-30(11-9-28)17-7-6-15-23(26-17)27-22(24-15)14-12-16(32-4)20-19(21(14)33-5)25-18(13-31-3)29(20)2/h6-7,12,15H,8-11,13H2,1-5H3. The van der Waals surface area contributed by atoms with Gasteiger partial charge in [0.15, 0.2) is 17.4 Å². The molecule has 1 atom stereocenters. The minimum Gasteiger partial charge on any atom is -0.494 e. The van der Waals surface area contributed by atoms with Gasteiger partial charge in [-0.05, 0) is 25.3 Å². The van der Waals surface area contributed by atoms with Crippen molar-refractivity contribution in [3.05, 3.63) is 29.6 Å². The summed E-state index contributed by atoms with van der Waals surface area (Å²) in [6.45, 7) is 4.34. The highest BCUT2D eigenvalue weighted by atomic mass is 16.5. The number of amidine groups is 3. The van der Waals surface area contributed by atoms with Crippen LogP contribution >= 0.6 is 0 Å². The van der Waals surface area contributed by atoms with E-state index in [1.165, 1.54) is 0 Å². The fraction of sp³-hybridized carbons (Fsp3) is 0.478. The van der Waals surface area contributed by atoms with Crippen molar-refractivity contribution in [2.45, 2.75) is 12.6 Å². The first-order valence-electron chi connectivity index (χ1n) is 11.0. The molecule has 33 heavy (non-hydrogen) atoms. The third-order valence-corrected chi connectivity index (χ3v) is 6.32. The lowest BCUT2D eigenvalue weighted by Gasteiger charge is -2.34. The lowest BCUT2D eigenvalue weighted by atomic mass is 10.1. The molecule has 0 radical (unpaired) electrons. The van der Waals surface area contributed by atoms with Gasteiger partial charge in [0.2, 0.25) is 0 Å². The van der Waals surface area contributed by atoms with Crippen LogP contribution in [0.4, 0.5) is 0 Å². The van der Waals surface area contributed by atoms with Crippen molar-refractivity contribution in [2.75, 3.05) is 54.6 Å². The van der Waals surface area contributed by atoms with Crippen molar-refractivity contribution in [3.8, 4) is 11.5 Å². The second kappa shape index (κ2) is 8.60. The smallest absolute Gasteiger partial charge is 0.161 e. The van der Waals surface area contributed by atoms with Crippen LogP contribution in [0.25, 0.3) is 11.0 Å². The number of likely N-dealkylation sites (N-methyl/N-ethyl adjacent to an activating group) is 1. The number of aryl methyl sites for hydroxylation is 1. The molecule has 0 amide bonds. The van der Waals surface area contributed by atoms with Crippen molar-refractivity contribution < 1.29 is 14.2 Å². The number of ether oxygens (including phenoxy) is 3. The Balaban J connectivity index is 1.54. The summed E-state index contributed by atoms with van der Waals surface area (Å²) in [6, 6.07) is 1.71. The van der Waals surface area contributed by atoms with Crippen LogP contribution in [0.3, 0.4) is 0 Å². The minimum absolute atomic E-state index is 0.199. The van der Waals surface area contributed by atoms with Crippen LogP contribution in [0.1, 0.15) is 11.4 Å².